The summed E-state index contributed by atoms with van der Waals surface area (Å²) in [6.07, 6.45) is 0.00592. The highest BCUT2D eigenvalue weighted by molar-refractivity contribution is 7.15. The third-order valence-corrected chi connectivity index (χ3v) is 3.06. The summed E-state index contributed by atoms with van der Waals surface area (Å²) < 4.78 is 5.42. The molecule has 0 amide bonds. The molecular weight excluding hydrogens is 258 g/mol. The number of aryl methyl sites for hydroxylation is 1. The molecule has 0 unspecified atom stereocenters. The van der Waals surface area contributed by atoms with Crippen LogP contribution >= 0.6 is 22.9 Å². The zero-order chi connectivity index (χ0) is 12.4. The Bertz CT molecular complexity index is 527. The maximum atomic E-state index is 5.85. The average molecular weight is 270 g/mol. The van der Waals surface area contributed by atoms with E-state index in [4.69, 9.17) is 16.3 Å². The smallest absolute Gasteiger partial charge is 0.321 e. The molecule has 90 valence electrons. The van der Waals surface area contributed by atoms with E-state index in [1.54, 1.807) is 11.3 Å². The van der Waals surface area contributed by atoms with Crippen LogP contribution in [0.4, 0.5) is 0 Å². The fraction of sp³-hybridized carbons (Fsp3) is 0.364. The van der Waals surface area contributed by atoms with E-state index in [-0.39, 0.29) is 17.4 Å². The van der Waals surface area contributed by atoms with Crippen molar-refractivity contribution in [3.05, 3.63) is 22.3 Å². The van der Waals surface area contributed by atoms with Crippen LogP contribution in [0.3, 0.4) is 0 Å². The summed E-state index contributed by atoms with van der Waals surface area (Å²) in [6, 6.07) is 4.24. The van der Waals surface area contributed by atoms with Crippen molar-refractivity contribution in [1.82, 2.24) is 15.0 Å². The Balaban J connectivity index is 2.37. The van der Waals surface area contributed by atoms with Crippen molar-refractivity contribution in [3.63, 3.8) is 0 Å². The van der Waals surface area contributed by atoms with Crippen molar-refractivity contribution in [2.45, 2.75) is 26.9 Å². The molecule has 0 atom stereocenters. The van der Waals surface area contributed by atoms with Crippen LogP contribution < -0.4 is 4.74 Å². The van der Waals surface area contributed by atoms with Gasteiger partial charge in [0.05, 0.1) is 11.0 Å². The van der Waals surface area contributed by atoms with E-state index in [1.807, 2.05) is 32.9 Å². The quantitative estimate of drug-likeness (QED) is 0.857. The first-order valence-electron chi connectivity index (χ1n) is 5.19. The Kier molecular flexibility index (Phi) is 3.59. The summed E-state index contributed by atoms with van der Waals surface area (Å²) in [6.45, 7) is 5.85. The molecular formula is C11H12ClN3OS. The first-order chi connectivity index (χ1) is 8.04. The largest absolute Gasteiger partial charge is 0.461 e. The van der Waals surface area contributed by atoms with Crippen LogP contribution in [0.25, 0.3) is 10.7 Å². The summed E-state index contributed by atoms with van der Waals surface area (Å²) in [5.41, 5.74) is 0. The summed E-state index contributed by atoms with van der Waals surface area (Å²) in [5.74, 6) is 0.554. The molecule has 2 rings (SSSR count). The molecule has 0 radical (unpaired) electrons. The second kappa shape index (κ2) is 4.98. The minimum Gasteiger partial charge on any atom is -0.461 e. The first kappa shape index (κ1) is 12.3. The van der Waals surface area contributed by atoms with E-state index < -0.39 is 0 Å². The van der Waals surface area contributed by atoms with Crippen molar-refractivity contribution >= 4 is 22.9 Å². The lowest BCUT2D eigenvalue weighted by atomic mass is 10.4. The maximum Gasteiger partial charge on any atom is 0.321 e. The second-order valence-corrected chi connectivity index (χ2v) is 5.41. The van der Waals surface area contributed by atoms with Gasteiger partial charge in [0.2, 0.25) is 5.28 Å². The molecule has 0 spiro atoms. The van der Waals surface area contributed by atoms with Gasteiger partial charge in [-0.2, -0.15) is 15.0 Å². The number of thiophene rings is 1. The molecule has 17 heavy (non-hydrogen) atoms. The molecule has 0 fully saturated rings. The Morgan fingerprint density at radius 2 is 2.00 bits per heavy atom. The minimum atomic E-state index is 0.00592. The fourth-order valence-electron chi connectivity index (χ4n) is 1.26. The van der Waals surface area contributed by atoms with Gasteiger partial charge in [0.15, 0.2) is 5.82 Å². The lowest BCUT2D eigenvalue weighted by molar-refractivity contribution is 0.222. The van der Waals surface area contributed by atoms with E-state index in [1.165, 1.54) is 4.88 Å². The van der Waals surface area contributed by atoms with Gasteiger partial charge in [-0.15, -0.1) is 11.3 Å². The third-order valence-electron chi connectivity index (χ3n) is 1.89. The van der Waals surface area contributed by atoms with E-state index in [0.29, 0.717) is 5.82 Å². The molecule has 0 bridgehead atoms. The van der Waals surface area contributed by atoms with Gasteiger partial charge in [-0.3, -0.25) is 0 Å². The minimum absolute atomic E-state index is 0.00592. The average Bonchev–Trinajstić information content (AvgIpc) is 2.62. The summed E-state index contributed by atoms with van der Waals surface area (Å²) in [5, 5.41) is 0.150. The lowest BCUT2D eigenvalue weighted by Crippen LogP contribution is -2.09. The molecule has 0 saturated heterocycles. The van der Waals surface area contributed by atoms with Gasteiger partial charge in [-0.25, -0.2) is 0 Å². The maximum absolute atomic E-state index is 5.85. The Morgan fingerprint density at radius 1 is 1.24 bits per heavy atom. The van der Waals surface area contributed by atoms with E-state index in [2.05, 4.69) is 15.0 Å². The standard InChI is InChI=1S/C11H12ClN3OS/c1-6(2)16-11-14-9(13-10(12)15-11)8-5-4-7(3)17-8/h4-6H,1-3H3. The predicted molar refractivity (Wildman–Crippen MR) is 68.7 cm³/mol. The summed E-state index contributed by atoms with van der Waals surface area (Å²) in [4.78, 5) is 14.4. The van der Waals surface area contributed by atoms with Crippen molar-refractivity contribution in [2.75, 3.05) is 0 Å². The SMILES string of the molecule is Cc1ccc(-c2nc(Cl)nc(OC(C)C)n2)s1. The van der Waals surface area contributed by atoms with Crippen LogP contribution in [0, 0.1) is 6.92 Å². The van der Waals surface area contributed by atoms with Crippen molar-refractivity contribution in [3.8, 4) is 16.7 Å². The van der Waals surface area contributed by atoms with Crippen LogP contribution in [0.1, 0.15) is 18.7 Å². The Morgan fingerprint density at radius 3 is 2.59 bits per heavy atom. The van der Waals surface area contributed by atoms with E-state index in [9.17, 15) is 0 Å². The normalized spacial score (nSPS) is 10.9. The molecule has 0 aliphatic heterocycles. The predicted octanol–water partition coefficient (Wildman–Crippen LogP) is 3.35. The number of nitrogens with zero attached hydrogens (tertiary/aromatic N) is 3. The molecule has 0 aliphatic carbocycles. The topological polar surface area (TPSA) is 47.9 Å². The number of rotatable bonds is 3. The van der Waals surface area contributed by atoms with Crippen molar-refractivity contribution in [1.29, 1.82) is 0 Å². The Labute approximate surface area is 109 Å². The first-order valence-corrected chi connectivity index (χ1v) is 6.39. The van der Waals surface area contributed by atoms with Gasteiger partial charge in [0.1, 0.15) is 0 Å². The highest BCUT2D eigenvalue weighted by atomic mass is 35.5. The van der Waals surface area contributed by atoms with Crippen molar-refractivity contribution in [2.24, 2.45) is 0 Å². The molecule has 2 aromatic heterocycles. The molecule has 0 aromatic carbocycles. The van der Waals surface area contributed by atoms with Crippen LogP contribution in [0.15, 0.2) is 12.1 Å². The van der Waals surface area contributed by atoms with E-state index in [0.717, 1.165) is 4.88 Å². The van der Waals surface area contributed by atoms with Gasteiger partial charge < -0.3 is 4.74 Å². The zero-order valence-electron chi connectivity index (χ0n) is 9.77. The second-order valence-electron chi connectivity index (χ2n) is 3.79. The molecule has 6 heteroatoms. The molecule has 0 aliphatic rings. The summed E-state index contributed by atoms with van der Waals surface area (Å²) >= 11 is 7.46. The molecule has 2 heterocycles. The lowest BCUT2D eigenvalue weighted by Gasteiger charge is -2.07. The summed E-state index contributed by atoms with van der Waals surface area (Å²) in [7, 11) is 0. The third kappa shape index (κ3) is 3.14. The number of hydrogen-bond acceptors (Lipinski definition) is 5. The van der Waals surface area contributed by atoms with E-state index >= 15 is 0 Å². The highest BCUT2D eigenvalue weighted by Gasteiger charge is 2.10. The zero-order valence-corrected chi connectivity index (χ0v) is 11.3. The number of hydrogen-bond donors (Lipinski definition) is 0. The molecule has 0 saturated carbocycles. The fourth-order valence-corrected chi connectivity index (χ4v) is 2.21. The molecule has 4 nitrogen and oxygen atoms in total. The van der Waals surface area contributed by atoms with Crippen molar-refractivity contribution < 1.29 is 4.74 Å². The van der Waals surface area contributed by atoms with Crippen LogP contribution in [-0.2, 0) is 0 Å². The highest BCUT2D eigenvalue weighted by Crippen LogP contribution is 2.26. The van der Waals surface area contributed by atoms with Gasteiger partial charge >= 0.3 is 6.01 Å². The molecule has 0 N–H and O–H groups in total. The van der Waals surface area contributed by atoms with Crippen LogP contribution in [-0.4, -0.2) is 21.1 Å². The van der Waals surface area contributed by atoms with Crippen LogP contribution in [0.2, 0.25) is 5.28 Å². The van der Waals surface area contributed by atoms with Gasteiger partial charge in [-0.05, 0) is 44.5 Å². The van der Waals surface area contributed by atoms with Gasteiger partial charge in [-0.1, -0.05) is 0 Å². The van der Waals surface area contributed by atoms with Gasteiger partial charge in [0.25, 0.3) is 0 Å². The number of ether oxygens (including phenoxy) is 1. The molecule has 2 aromatic rings. The Hall–Kier alpha value is -1.20. The monoisotopic (exact) mass is 269 g/mol. The number of halogens is 1. The number of aromatic nitrogens is 3. The van der Waals surface area contributed by atoms with Crippen LogP contribution in [0.5, 0.6) is 6.01 Å². The van der Waals surface area contributed by atoms with Gasteiger partial charge in [0, 0.05) is 4.88 Å².